The maximum atomic E-state index is 12.8. The molecular formula is C17H20N4O3S. The summed E-state index contributed by atoms with van der Waals surface area (Å²) in [5.41, 5.74) is 2.08. The van der Waals surface area contributed by atoms with Crippen molar-refractivity contribution < 1.29 is 13.2 Å². The number of hydrogen-bond acceptors (Lipinski definition) is 4. The zero-order chi connectivity index (χ0) is 17.6. The van der Waals surface area contributed by atoms with Gasteiger partial charge in [0.2, 0.25) is 0 Å². The SMILES string of the molecule is CC1CN(C(=O)Nc2ccnn2C2CCS(=O)(=O)C2)c2ccccc21. The second-order valence-corrected chi connectivity index (χ2v) is 8.95. The molecule has 4 rings (SSSR count). The van der Waals surface area contributed by atoms with Crippen molar-refractivity contribution in [1.29, 1.82) is 0 Å². The molecule has 1 aromatic carbocycles. The van der Waals surface area contributed by atoms with Gasteiger partial charge in [-0.25, -0.2) is 17.9 Å². The van der Waals surface area contributed by atoms with E-state index in [9.17, 15) is 13.2 Å². The number of benzene rings is 1. The lowest BCUT2D eigenvalue weighted by Gasteiger charge is -2.20. The molecule has 2 atom stereocenters. The highest BCUT2D eigenvalue weighted by atomic mass is 32.2. The Kier molecular flexibility index (Phi) is 3.79. The number of carbonyl (C=O) groups is 1. The molecule has 2 aliphatic heterocycles. The minimum Gasteiger partial charge on any atom is -0.293 e. The summed E-state index contributed by atoms with van der Waals surface area (Å²) >= 11 is 0. The van der Waals surface area contributed by atoms with Gasteiger partial charge in [0, 0.05) is 24.2 Å². The fourth-order valence-electron chi connectivity index (χ4n) is 3.66. The number of sulfone groups is 1. The maximum absolute atomic E-state index is 12.8. The van der Waals surface area contributed by atoms with Crippen molar-refractivity contribution in [3.63, 3.8) is 0 Å². The van der Waals surface area contributed by atoms with E-state index < -0.39 is 9.84 Å². The van der Waals surface area contributed by atoms with Crippen molar-refractivity contribution in [2.45, 2.75) is 25.3 Å². The van der Waals surface area contributed by atoms with E-state index in [1.54, 1.807) is 21.8 Å². The minimum atomic E-state index is -3.01. The highest BCUT2D eigenvalue weighted by Gasteiger charge is 2.33. The van der Waals surface area contributed by atoms with Gasteiger partial charge >= 0.3 is 6.03 Å². The van der Waals surface area contributed by atoms with E-state index in [1.165, 1.54) is 0 Å². The summed E-state index contributed by atoms with van der Waals surface area (Å²) in [4.78, 5) is 14.5. The largest absolute Gasteiger partial charge is 0.327 e. The number of rotatable bonds is 2. The Morgan fingerprint density at radius 2 is 2.08 bits per heavy atom. The average Bonchev–Trinajstić information content (AvgIpc) is 3.26. The number of aromatic nitrogens is 2. The Morgan fingerprint density at radius 3 is 2.84 bits per heavy atom. The van der Waals surface area contributed by atoms with Crippen LogP contribution in [0.2, 0.25) is 0 Å². The second kappa shape index (κ2) is 5.87. The normalized spacial score (nSPS) is 24.3. The number of fused-ring (bicyclic) bond motifs is 1. The van der Waals surface area contributed by atoms with Crippen molar-refractivity contribution in [2.24, 2.45) is 0 Å². The van der Waals surface area contributed by atoms with Crippen molar-refractivity contribution in [1.82, 2.24) is 9.78 Å². The van der Waals surface area contributed by atoms with Gasteiger partial charge in [0.15, 0.2) is 9.84 Å². The molecule has 2 aliphatic rings. The van der Waals surface area contributed by atoms with E-state index in [-0.39, 0.29) is 29.5 Å². The molecule has 1 saturated heterocycles. The van der Waals surface area contributed by atoms with Crippen LogP contribution in [-0.4, -0.2) is 42.3 Å². The van der Waals surface area contributed by atoms with E-state index in [2.05, 4.69) is 17.3 Å². The number of anilines is 2. The van der Waals surface area contributed by atoms with Crippen LogP contribution >= 0.6 is 0 Å². The van der Waals surface area contributed by atoms with Crippen LogP contribution in [0.4, 0.5) is 16.3 Å². The van der Waals surface area contributed by atoms with E-state index in [0.29, 0.717) is 18.8 Å². The standard InChI is InChI=1S/C17H20N4O3S/c1-12-10-20(15-5-3-2-4-14(12)15)17(22)19-16-6-8-18-21(16)13-7-9-25(23,24)11-13/h2-6,8,12-13H,7,9-11H2,1H3,(H,19,22). The molecule has 132 valence electrons. The summed E-state index contributed by atoms with van der Waals surface area (Å²) in [5, 5.41) is 7.11. The Bertz CT molecular complexity index is 921. The molecule has 25 heavy (non-hydrogen) atoms. The first kappa shape index (κ1) is 16.1. The first-order valence-corrected chi connectivity index (χ1v) is 10.2. The Balaban J connectivity index is 1.55. The van der Waals surface area contributed by atoms with Crippen LogP contribution < -0.4 is 10.2 Å². The lowest BCUT2D eigenvalue weighted by molar-refractivity contribution is 0.257. The van der Waals surface area contributed by atoms with Gasteiger partial charge in [0.05, 0.1) is 23.7 Å². The van der Waals surface area contributed by atoms with E-state index >= 15 is 0 Å². The minimum absolute atomic E-state index is 0.0706. The van der Waals surface area contributed by atoms with Gasteiger partial charge in [-0.05, 0) is 18.1 Å². The number of nitrogens with zero attached hydrogens (tertiary/aromatic N) is 3. The predicted molar refractivity (Wildman–Crippen MR) is 95.8 cm³/mol. The molecule has 2 amide bonds. The summed E-state index contributed by atoms with van der Waals surface area (Å²) in [6, 6.07) is 9.14. The van der Waals surface area contributed by atoms with E-state index in [1.807, 2.05) is 24.3 Å². The van der Waals surface area contributed by atoms with E-state index in [4.69, 9.17) is 0 Å². The Hall–Kier alpha value is -2.35. The second-order valence-electron chi connectivity index (χ2n) is 6.72. The van der Waals surface area contributed by atoms with E-state index in [0.717, 1.165) is 11.3 Å². The third-order valence-corrected chi connectivity index (χ3v) is 6.67. The molecule has 1 aromatic heterocycles. The molecule has 3 heterocycles. The molecule has 2 aromatic rings. The molecule has 0 saturated carbocycles. The number of carbonyl (C=O) groups excluding carboxylic acids is 1. The van der Waals surface area contributed by atoms with Crippen molar-refractivity contribution >= 4 is 27.4 Å². The lowest BCUT2D eigenvalue weighted by atomic mass is 10.0. The molecule has 0 aliphatic carbocycles. The fourth-order valence-corrected chi connectivity index (χ4v) is 5.35. The first-order chi connectivity index (χ1) is 11.9. The Labute approximate surface area is 146 Å². The van der Waals surface area contributed by atoms with Crippen LogP contribution in [0.3, 0.4) is 0 Å². The molecule has 1 fully saturated rings. The summed E-state index contributed by atoms with van der Waals surface area (Å²) in [6.07, 6.45) is 2.11. The summed E-state index contributed by atoms with van der Waals surface area (Å²) < 4.78 is 25.0. The smallest absolute Gasteiger partial charge is 0.293 e. The lowest BCUT2D eigenvalue weighted by Crippen LogP contribution is -2.34. The van der Waals surface area contributed by atoms with Gasteiger partial charge in [-0.1, -0.05) is 25.1 Å². The van der Waals surface area contributed by atoms with Crippen LogP contribution in [0.15, 0.2) is 36.5 Å². The third kappa shape index (κ3) is 2.90. The van der Waals surface area contributed by atoms with Crippen molar-refractivity contribution in [3.8, 4) is 0 Å². The highest BCUT2D eigenvalue weighted by Crippen LogP contribution is 2.36. The van der Waals surface area contributed by atoms with Gasteiger partial charge in [-0.2, -0.15) is 5.10 Å². The molecule has 2 unspecified atom stereocenters. The molecule has 8 heteroatoms. The van der Waals surface area contributed by atoms with Gasteiger partial charge in [-0.15, -0.1) is 0 Å². The van der Waals surface area contributed by atoms with Crippen LogP contribution in [0.25, 0.3) is 0 Å². The van der Waals surface area contributed by atoms with Gasteiger partial charge < -0.3 is 0 Å². The highest BCUT2D eigenvalue weighted by molar-refractivity contribution is 7.91. The molecular weight excluding hydrogens is 340 g/mol. The topological polar surface area (TPSA) is 84.3 Å². The summed E-state index contributed by atoms with van der Waals surface area (Å²) in [5.74, 6) is 1.05. The maximum Gasteiger partial charge on any atom is 0.327 e. The molecule has 7 nitrogen and oxygen atoms in total. The van der Waals surface area contributed by atoms with Gasteiger partial charge in [-0.3, -0.25) is 10.2 Å². The quantitative estimate of drug-likeness (QED) is 0.891. The number of amides is 2. The number of nitrogens with one attached hydrogen (secondary N) is 1. The fraction of sp³-hybridized carbons (Fsp3) is 0.412. The van der Waals surface area contributed by atoms with Gasteiger partial charge in [0.1, 0.15) is 5.82 Å². The molecule has 1 N–H and O–H groups in total. The monoisotopic (exact) mass is 360 g/mol. The number of urea groups is 1. The Morgan fingerprint density at radius 1 is 1.28 bits per heavy atom. The predicted octanol–water partition coefficient (Wildman–Crippen LogP) is 2.40. The molecule has 0 bridgehead atoms. The van der Waals surface area contributed by atoms with Crippen molar-refractivity contribution in [3.05, 3.63) is 42.1 Å². The number of hydrogen-bond donors (Lipinski definition) is 1. The zero-order valence-electron chi connectivity index (χ0n) is 13.9. The molecule has 0 spiro atoms. The van der Waals surface area contributed by atoms with Crippen LogP contribution in [0.5, 0.6) is 0 Å². The summed E-state index contributed by atoms with van der Waals surface area (Å²) in [6.45, 7) is 2.72. The van der Waals surface area contributed by atoms with Gasteiger partial charge in [0.25, 0.3) is 0 Å². The van der Waals surface area contributed by atoms with Crippen molar-refractivity contribution in [2.75, 3.05) is 28.3 Å². The number of para-hydroxylation sites is 1. The first-order valence-electron chi connectivity index (χ1n) is 8.36. The zero-order valence-corrected chi connectivity index (χ0v) is 14.7. The average molecular weight is 360 g/mol. The molecule has 0 radical (unpaired) electrons. The van der Waals surface area contributed by atoms with Crippen LogP contribution in [0.1, 0.15) is 30.9 Å². The third-order valence-electron chi connectivity index (χ3n) is 4.92. The van der Waals surface area contributed by atoms with Crippen LogP contribution in [0, 0.1) is 0 Å². The summed E-state index contributed by atoms with van der Waals surface area (Å²) in [7, 11) is -3.01. The van der Waals surface area contributed by atoms with Crippen LogP contribution in [-0.2, 0) is 9.84 Å².